The maximum Gasteiger partial charge on any atom is 0.0496 e. The fourth-order valence-electron chi connectivity index (χ4n) is 0.906. The molecule has 0 aromatic rings. The SMILES string of the molecule is CC1SC(C)SC(C)S1. The zero-order chi connectivity index (χ0) is 6.85. The normalized spacial score (nSPS) is 45.0. The molecule has 0 amide bonds. The van der Waals surface area contributed by atoms with Gasteiger partial charge in [0.1, 0.15) is 0 Å². The molecule has 1 fully saturated rings. The summed E-state index contributed by atoms with van der Waals surface area (Å²) in [6.45, 7) is 6.88. The summed E-state index contributed by atoms with van der Waals surface area (Å²) in [5, 5.41) is 0. The zero-order valence-corrected chi connectivity index (χ0v) is 8.41. The summed E-state index contributed by atoms with van der Waals surface area (Å²) in [7, 11) is 0. The molecule has 0 aliphatic carbocycles. The van der Waals surface area contributed by atoms with Gasteiger partial charge in [0.15, 0.2) is 0 Å². The Morgan fingerprint density at radius 1 is 0.667 bits per heavy atom. The van der Waals surface area contributed by atoms with Crippen LogP contribution < -0.4 is 0 Å². The molecule has 3 heteroatoms. The molecule has 1 saturated heterocycles. The lowest BCUT2D eigenvalue weighted by molar-refractivity contribution is 1.28. The molecule has 1 aliphatic rings. The van der Waals surface area contributed by atoms with Crippen LogP contribution in [0, 0.1) is 0 Å². The highest BCUT2D eigenvalue weighted by atomic mass is 32.3. The van der Waals surface area contributed by atoms with Crippen LogP contribution in [-0.4, -0.2) is 13.7 Å². The van der Waals surface area contributed by atoms with E-state index in [4.69, 9.17) is 0 Å². The second-order valence-corrected chi connectivity index (χ2v) is 8.07. The number of thioether (sulfide) groups is 3. The first kappa shape index (κ1) is 8.15. The van der Waals surface area contributed by atoms with Crippen LogP contribution in [0.1, 0.15) is 20.8 Å². The Labute approximate surface area is 69.9 Å². The van der Waals surface area contributed by atoms with E-state index in [1.807, 2.05) is 0 Å². The third-order valence-electron chi connectivity index (χ3n) is 1.15. The maximum atomic E-state index is 2.29. The molecule has 0 aromatic heterocycles. The van der Waals surface area contributed by atoms with Gasteiger partial charge in [-0.15, -0.1) is 35.3 Å². The highest BCUT2D eigenvalue weighted by Gasteiger charge is 2.21. The first-order valence-corrected chi connectivity index (χ1v) is 5.97. The van der Waals surface area contributed by atoms with Crippen LogP contribution in [0.2, 0.25) is 0 Å². The highest BCUT2D eigenvalue weighted by molar-refractivity contribution is 8.33. The minimum Gasteiger partial charge on any atom is -0.134 e. The summed E-state index contributed by atoms with van der Waals surface area (Å²) in [5.41, 5.74) is 0. The second kappa shape index (κ2) is 3.44. The Kier molecular flexibility index (Phi) is 3.12. The van der Waals surface area contributed by atoms with E-state index in [1.54, 1.807) is 0 Å². The van der Waals surface area contributed by atoms with Crippen molar-refractivity contribution in [2.75, 3.05) is 0 Å². The summed E-state index contributed by atoms with van der Waals surface area (Å²) in [6.07, 6.45) is 0. The molecule has 0 spiro atoms. The third-order valence-corrected chi connectivity index (χ3v) is 5.45. The maximum absolute atomic E-state index is 2.29. The molecule has 1 rings (SSSR count). The minimum absolute atomic E-state index is 0.802. The molecule has 0 atom stereocenters. The van der Waals surface area contributed by atoms with Crippen LogP contribution in [0.25, 0.3) is 0 Å². The predicted molar refractivity (Wildman–Crippen MR) is 51.2 cm³/mol. The molecule has 1 heterocycles. The van der Waals surface area contributed by atoms with E-state index in [9.17, 15) is 0 Å². The molecule has 0 unspecified atom stereocenters. The van der Waals surface area contributed by atoms with Crippen molar-refractivity contribution >= 4 is 35.3 Å². The van der Waals surface area contributed by atoms with Crippen molar-refractivity contribution < 1.29 is 0 Å². The van der Waals surface area contributed by atoms with E-state index in [2.05, 4.69) is 56.1 Å². The number of hydrogen-bond donors (Lipinski definition) is 0. The van der Waals surface area contributed by atoms with Gasteiger partial charge < -0.3 is 0 Å². The fraction of sp³-hybridized carbons (Fsp3) is 1.00. The van der Waals surface area contributed by atoms with Gasteiger partial charge in [-0.1, -0.05) is 0 Å². The van der Waals surface area contributed by atoms with Crippen LogP contribution in [0.5, 0.6) is 0 Å². The highest BCUT2D eigenvalue weighted by Crippen LogP contribution is 2.45. The summed E-state index contributed by atoms with van der Waals surface area (Å²) < 4.78 is 2.41. The lowest BCUT2D eigenvalue weighted by Crippen LogP contribution is -2.10. The Morgan fingerprint density at radius 2 is 0.889 bits per heavy atom. The Hall–Kier alpha value is 1.05. The van der Waals surface area contributed by atoms with Crippen molar-refractivity contribution in [1.82, 2.24) is 0 Å². The Balaban J connectivity index is 2.34. The lowest BCUT2D eigenvalue weighted by Gasteiger charge is -2.27. The van der Waals surface area contributed by atoms with Gasteiger partial charge in [0, 0.05) is 13.7 Å². The molecule has 9 heavy (non-hydrogen) atoms. The molecule has 54 valence electrons. The van der Waals surface area contributed by atoms with E-state index in [1.165, 1.54) is 0 Å². The zero-order valence-electron chi connectivity index (χ0n) is 5.96. The summed E-state index contributed by atoms with van der Waals surface area (Å²) in [5.74, 6) is 0. The average molecular weight is 180 g/mol. The first-order chi connectivity index (χ1) is 4.18. The van der Waals surface area contributed by atoms with Crippen molar-refractivity contribution in [1.29, 1.82) is 0 Å². The Bertz CT molecular complexity index is 69.3. The van der Waals surface area contributed by atoms with Gasteiger partial charge in [-0.25, -0.2) is 0 Å². The average Bonchev–Trinajstić information content (AvgIpc) is 1.59. The molecule has 0 bridgehead atoms. The summed E-state index contributed by atoms with van der Waals surface area (Å²) in [6, 6.07) is 0. The smallest absolute Gasteiger partial charge is 0.0496 e. The van der Waals surface area contributed by atoms with E-state index in [0.717, 1.165) is 13.7 Å². The topological polar surface area (TPSA) is 0 Å². The number of rotatable bonds is 0. The molecule has 0 saturated carbocycles. The Morgan fingerprint density at radius 3 is 1.11 bits per heavy atom. The first-order valence-electron chi connectivity index (χ1n) is 3.15. The molecular formula is C6H12S3. The van der Waals surface area contributed by atoms with Gasteiger partial charge in [0.25, 0.3) is 0 Å². The van der Waals surface area contributed by atoms with Gasteiger partial charge in [-0.2, -0.15) is 0 Å². The van der Waals surface area contributed by atoms with Crippen LogP contribution in [0.15, 0.2) is 0 Å². The monoisotopic (exact) mass is 180 g/mol. The van der Waals surface area contributed by atoms with Crippen LogP contribution in [-0.2, 0) is 0 Å². The predicted octanol–water partition coefficient (Wildman–Crippen LogP) is 3.24. The molecule has 0 N–H and O–H groups in total. The molecule has 0 nitrogen and oxygen atoms in total. The van der Waals surface area contributed by atoms with Crippen molar-refractivity contribution in [3.63, 3.8) is 0 Å². The van der Waals surface area contributed by atoms with E-state index >= 15 is 0 Å². The van der Waals surface area contributed by atoms with Crippen molar-refractivity contribution in [3.8, 4) is 0 Å². The van der Waals surface area contributed by atoms with Crippen molar-refractivity contribution in [2.45, 2.75) is 34.5 Å². The minimum atomic E-state index is 0.802. The number of hydrogen-bond acceptors (Lipinski definition) is 3. The van der Waals surface area contributed by atoms with Gasteiger partial charge in [0.05, 0.1) is 0 Å². The standard InChI is InChI=1S/C6H12S3/c1-4-7-5(2)9-6(3)8-4/h4-6H,1-3H3. The molecule has 0 radical (unpaired) electrons. The van der Waals surface area contributed by atoms with Crippen molar-refractivity contribution in [2.24, 2.45) is 0 Å². The van der Waals surface area contributed by atoms with Crippen molar-refractivity contribution in [3.05, 3.63) is 0 Å². The second-order valence-electron chi connectivity index (χ2n) is 2.11. The quantitative estimate of drug-likeness (QED) is 0.562. The third kappa shape index (κ3) is 2.64. The van der Waals surface area contributed by atoms with Gasteiger partial charge in [-0.3, -0.25) is 0 Å². The largest absolute Gasteiger partial charge is 0.134 e. The summed E-state index contributed by atoms with van der Waals surface area (Å²) >= 11 is 6.21. The van der Waals surface area contributed by atoms with Crippen LogP contribution >= 0.6 is 35.3 Å². The van der Waals surface area contributed by atoms with Gasteiger partial charge in [0.2, 0.25) is 0 Å². The lowest BCUT2D eigenvalue weighted by atomic mass is 10.9. The van der Waals surface area contributed by atoms with Gasteiger partial charge >= 0.3 is 0 Å². The molecule has 1 aliphatic heterocycles. The molecular weight excluding hydrogens is 168 g/mol. The van der Waals surface area contributed by atoms with Crippen LogP contribution in [0.4, 0.5) is 0 Å². The van der Waals surface area contributed by atoms with Gasteiger partial charge in [-0.05, 0) is 20.8 Å². The van der Waals surface area contributed by atoms with Crippen LogP contribution in [0.3, 0.4) is 0 Å². The molecule has 0 aromatic carbocycles. The summed E-state index contributed by atoms with van der Waals surface area (Å²) in [4.78, 5) is 0. The van der Waals surface area contributed by atoms with E-state index < -0.39 is 0 Å². The fourth-order valence-corrected chi connectivity index (χ4v) is 6.93. The van der Waals surface area contributed by atoms with E-state index in [-0.39, 0.29) is 0 Å². The van der Waals surface area contributed by atoms with E-state index in [0.29, 0.717) is 0 Å².